The molecular formula is C13H18ClN. The summed E-state index contributed by atoms with van der Waals surface area (Å²) in [7, 11) is 0. The summed E-state index contributed by atoms with van der Waals surface area (Å²) in [6, 6.07) is 6.92. The molecule has 0 bridgehead atoms. The molecule has 1 unspecified atom stereocenters. The largest absolute Gasteiger partial charge is 0.314 e. The van der Waals surface area contributed by atoms with E-state index in [1.165, 1.54) is 24.0 Å². The number of fused-ring (bicyclic) bond motifs is 1. The number of rotatable bonds is 3. The van der Waals surface area contributed by atoms with Crippen molar-refractivity contribution in [2.75, 3.05) is 6.54 Å². The molecule has 1 N–H and O–H groups in total. The van der Waals surface area contributed by atoms with Crippen molar-refractivity contribution in [1.29, 1.82) is 0 Å². The smallest absolute Gasteiger partial charge is 0.0440 e. The number of halogens is 1. The predicted molar refractivity (Wildman–Crippen MR) is 65.6 cm³/mol. The van der Waals surface area contributed by atoms with Gasteiger partial charge in [-0.05, 0) is 49.4 Å². The molecular weight excluding hydrogens is 206 g/mol. The Balaban J connectivity index is 2.07. The van der Waals surface area contributed by atoms with Crippen LogP contribution in [0.25, 0.3) is 0 Å². The lowest BCUT2D eigenvalue weighted by Gasteiger charge is -2.26. The summed E-state index contributed by atoms with van der Waals surface area (Å²) in [6.07, 6.45) is 4.68. The monoisotopic (exact) mass is 223 g/mol. The Labute approximate surface area is 96.8 Å². The van der Waals surface area contributed by atoms with Crippen molar-refractivity contribution in [1.82, 2.24) is 5.32 Å². The normalized spacial score (nSPS) is 20.0. The Hall–Kier alpha value is -0.530. The lowest BCUT2D eigenvalue weighted by atomic mass is 9.88. The summed E-state index contributed by atoms with van der Waals surface area (Å²) in [5.74, 6) is 0. The number of benzene rings is 1. The average molecular weight is 224 g/mol. The van der Waals surface area contributed by atoms with E-state index in [9.17, 15) is 0 Å². The zero-order valence-corrected chi connectivity index (χ0v) is 9.98. The Morgan fingerprint density at radius 3 is 3.13 bits per heavy atom. The average Bonchev–Trinajstić information content (AvgIpc) is 2.26. The van der Waals surface area contributed by atoms with Gasteiger partial charge in [0, 0.05) is 11.1 Å². The molecule has 1 aliphatic rings. The molecule has 0 amide bonds. The third kappa shape index (κ3) is 2.53. The van der Waals surface area contributed by atoms with Gasteiger partial charge in [-0.25, -0.2) is 0 Å². The summed E-state index contributed by atoms with van der Waals surface area (Å²) in [5, 5.41) is 4.53. The van der Waals surface area contributed by atoms with Crippen LogP contribution in [-0.4, -0.2) is 12.6 Å². The van der Waals surface area contributed by atoms with E-state index in [0.29, 0.717) is 6.04 Å². The van der Waals surface area contributed by atoms with E-state index in [2.05, 4.69) is 24.4 Å². The van der Waals surface area contributed by atoms with Crippen LogP contribution < -0.4 is 5.32 Å². The van der Waals surface area contributed by atoms with Crippen molar-refractivity contribution >= 4 is 11.6 Å². The van der Waals surface area contributed by atoms with Gasteiger partial charge in [-0.15, -0.1) is 0 Å². The van der Waals surface area contributed by atoms with Gasteiger partial charge in [0.05, 0.1) is 0 Å². The molecule has 1 nitrogen and oxygen atoms in total. The van der Waals surface area contributed by atoms with Crippen molar-refractivity contribution in [3.05, 3.63) is 34.3 Å². The minimum Gasteiger partial charge on any atom is -0.314 e. The molecule has 0 saturated heterocycles. The number of nitrogens with one attached hydrogen (secondary N) is 1. The first-order valence-corrected chi connectivity index (χ1v) is 6.18. The number of hydrogen-bond donors (Lipinski definition) is 1. The van der Waals surface area contributed by atoms with Gasteiger partial charge in [-0.2, -0.15) is 0 Å². The fourth-order valence-electron chi connectivity index (χ4n) is 2.28. The molecule has 0 radical (unpaired) electrons. The van der Waals surface area contributed by atoms with E-state index >= 15 is 0 Å². The molecule has 1 aromatic carbocycles. The first-order chi connectivity index (χ1) is 7.31. The van der Waals surface area contributed by atoms with Crippen LogP contribution in [0, 0.1) is 0 Å². The van der Waals surface area contributed by atoms with E-state index in [0.717, 1.165) is 24.4 Å². The Morgan fingerprint density at radius 2 is 2.33 bits per heavy atom. The topological polar surface area (TPSA) is 12.0 Å². The minimum atomic E-state index is 0.649. The van der Waals surface area contributed by atoms with Gasteiger partial charge < -0.3 is 5.32 Å². The quantitative estimate of drug-likeness (QED) is 0.830. The van der Waals surface area contributed by atoms with Crippen LogP contribution in [0.4, 0.5) is 0 Å². The maximum absolute atomic E-state index is 6.17. The van der Waals surface area contributed by atoms with Crippen LogP contribution in [0.1, 0.15) is 30.9 Å². The molecule has 1 aliphatic carbocycles. The second kappa shape index (κ2) is 5.00. The molecule has 0 saturated carbocycles. The molecule has 0 aliphatic heterocycles. The zero-order valence-electron chi connectivity index (χ0n) is 9.22. The van der Waals surface area contributed by atoms with Gasteiger partial charge in [0.15, 0.2) is 0 Å². The molecule has 2 rings (SSSR count). The first kappa shape index (κ1) is 11.0. The molecule has 82 valence electrons. The third-order valence-corrected chi connectivity index (χ3v) is 3.46. The van der Waals surface area contributed by atoms with Crippen LogP contribution in [0.3, 0.4) is 0 Å². The Kier molecular flexibility index (Phi) is 3.66. The van der Waals surface area contributed by atoms with Gasteiger partial charge in [0.25, 0.3) is 0 Å². The summed E-state index contributed by atoms with van der Waals surface area (Å²) in [6.45, 7) is 3.33. The van der Waals surface area contributed by atoms with Crippen molar-refractivity contribution in [2.45, 2.75) is 38.6 Å². The summed E-state index contributed by atoms with van der Waals surface area (Å²) >= 11 is 6.17. The van der Waals surface area contributed by atoms with Gasteiger partial charge in [0.2, 0.25) is 0 Å². The predicted octanol–water partition coefficient (Wildman–Crippen LogP) is 3.20. The van der Waals surface area contributed by atoms with Crippen LogP contribution in [0.2, 0.25) is 5.02 Å². The van der Waals surface area contributed by atoms with Crippen LogP contribution in [-0.2, 0) is 12.8 Å². The second-order valence-corrected chi connectivity index (χ2v) is 4.68. The Morgan fingerprint density at radius 1 is 1.47 bits per heavy atom. The van der Waals surface area contributed by atoms with Crippen molar-refractivity contribution in [2.24, 2.45) is 0 Å². The van der Waals surface area contributed by atoms with Crippen molar-refractivity contribution in [3.63, 3.8) is 0 Å². The fraction of sp³-hybridized carbons (Fsp3) is 0.538. The molecule has 2 heteroatoms. The SMILES string of the molecule is CCCNC1CCc2c(Cl)cccc2C1. The highest BCUT2D eigenvalue weighted by Gasteiger charge is 2.19. The maximum atomic E-state index is 6.17. The molecule has 0 spiro atoms. The summed E-state index contributed by atoms with van der Waals surface area (Å²) in [4.78, 5) is 0. The first-order valence-electron chi connectivity index (χ1n) is 5.81. The second-order valence-electron chi connectivity index (χ2n) is 4.27. The van der Waals surface area contributed by atoms with Crippen LogP contribution >= 0.6 is 11.6 Å². The molecule has 1 atom stereocenters. The fourth-order valence-corrected chi connectivity index (χ4v) is 2.57. The standard InChI is InChI=1S/C13H18ClN/c1-2-8-15-11-6-7-12-10(9-11)4-3-5-13(12)14/h3-5,11,15H,2,6-9H2,1H3. The molecule has 0 aromatic heterocycles. The van der Waals surface area contributed by atoms with E-state index in [-0.39, 0.29) is 0 Å². The Bertz CT molecular complexity index is 335. The summed E-state index contributed by atoms with van der Waals surface area (Å²) in [5.41, 5.74) is 2.80. The number of hydrogen-bond acceptors (Lipinski definition) is 1. The van der Waals surface area contributed by atoms with Crippen molar-refractivity contribution in [3.8, 4) is 0 Å². The molecule has 1 aromatic rings. The maximum Gasteiger partial charge on any atom is 0.0440 e. The highest BCUT2D eigenvalue weighted by atomic mass is 35.5. The van der Waals surface area contributed by atoms with Gasteiger partial charge in [0.1, 0.15) is 0 Å². The lowest BCUT2D eigenvalue weighted by molar-refractivity contribution is 0.459. The van der Waals surface area contributed by atoms with Crippen LogP contribution in [0.5, 0.6) is 0 Å². The van der Waals surface area contributed by atoms with Gasteiger partial charge in [-0.3, -0.25) is 0 Å². The molecule has 0 heterocycles. The third-order valence-electron chi connectivity index (χ3n) is 3.11. The van der Waals surface area contributed by atoms with E-state index in [4.69, 9.17) is 11.6 Å². The highest BCUT2D eigenvalue weighted by molar-refractivity contribution is 6.31. The molecule has 15 heavy (non-hydrogen) atoms. The van der Waals surface area contributed by atoms with Crippen molar-refractivity contribution < 1.29 is 0 Å². The minimum absolute atomic E-state index is 0.649. The lowest BCUT2D eigenvalue weighted by Crippen LogP contribution is -2.35. The zero-order chi connectivity index (χ0) is 10.7. The summed E-state index contributed by atoms with van der Waals surface area (Å²) < 4.78 is 0. The van der Waals surface area contributed by atoms with Gasteiger partial charge in [-0.1, -0.05) is 30.7 Å². The van der Waals surface area contributed by atoms with Crippen LogP contribution in [0.15, 0.2) is 18.2 Å². The van der Waals surface area contributed by atoms with E-state index in [1.807, 2.05) is 6.07 Å². The van der Waals surface area contributed by atoms with E-state index < -0.39 is 0 Å². The highest BCUT2D eigenvalue weighted by Crippen LogP contribution is 2.27. The van der Waals surface area contributed by atoms with E-state index in [1.54, 1.807) is 0 Å². The van der Waals surface area contributed by atoms with Gasteiger partial charge >= 0.3 is 0 Å². The molecule has 0 fully saturated rings.